The minimum atomic E-state index is -0.407. The van der Waals surface area contributed by atoms with E-state index in [9.17, 15) is 9.59 Å². The first-order valence-corrected chi connectivity index (χ1v) is 9.97. The first-order chi connectivity index (χ1) is 13.6. The quantitative estimate of drug-likeness (QED) is 0.682. The van der Waals surface area contributed by atoms with Gasteiger partial charge >= 0.3 is 5.97 Å². The summed E-state index contributed by atoms with van der Waals surface area (Å²) in [4.78, 5) is 26.2. The topological polar surface area (TPSA) is 73.2 Å². The van der Waals surface area contributed by atoms with Gasteiger partial charge in [0.25, 0.3) is 5.91 Å². The summed E-state index contributed by atoms with van der Waals surface area (Å²) in [6, 6.07) is 12.1. The number of methoxy groups -OCH3 is 1. The number of aryl methyl sites for hydroxylation is 1. The molecule has 1 aliphatic rings. The van der Waals surface area contributed by atoms with Crippen LogP contribution in [-0.2, 0) is 24.6 Å². The van der Waals surface area contributed by atoms with Crippen molar-refractivity contribution in [1.29, 1.82) is 0 Å². The molecule has 0 spiro atoms. The average molecular weight is 395 g/mol. The van der Waals surface area contributed by atoms with Crippen LogP contribution in [0.25, 0.3) is 0 Å². The second kappa shape index (κ2) is 7.59. The molecule has 0 saturated heterocycles. The molecule has 0 fully saturated rings. The van der Waals surface area contributed by atoms with Gasteiger partial charge in [0.1, 0.15) is 10.7 Å². The maximum absolute atomic E-state index is 12.6. The zero-order valence-corrected chi connectivity index (χ0v) is 16.6. The zero-order valence-electron chi connectivity index (χ0n) is 15.8. The lowest BCUT2D eigenvalue weighted by atomic mass is 9.83. The second-order valence-electron chi connectivity index (χ2n) is 6.84. The van der Waals surface area contributed by atoms with Gasteiger partial charge in [-0.1, -0.05) is 30.3 Å². The predicted octanol–water partition coefficient (Wildman–Crippen LogP) is 3.79. The lowest BCUT2D eigenvalue weighted by Crippen LogP contribution is -2.18. The number of ether oxygens (including phenoxy) is 1. The highest BCUT2D eigenvalue weighted by Gasteiger charge is 2.31. The summed E-state index contributed by atoms with van der Waals surface area (Å²) in [6.45, 7) is 0. The van der Waals surface area contributed by atoms with Gasteiger partial charge in [-0.15, -0.1) is 11.3 Å². The minimum absolute atomic E-state index is 0.289. The van der Waals surface area contributed by atoms with Crippen LogP contribution in [0.5, 0.6) is 0 Å². The standard InChI is InChI=1S/C21H21N3O3S/c1-24-16(10-11-22-24)19(25)23-20-18(21(26)27-2)15-9-8-14(12-17(15)28-20)13-6-4-3-5-7-13/h3-7,10-11,14H,8-9,12H2,1-2H3,(H,23,25)/t14-/m1/s1. The van der Waals surface area contributed by atoms with E-state index in [1.165, 1.54) is 28.7 Å². The maximum Gasteiger partial charge on any atom is 0.341 e. The van der Waals surface area contributed by atoms with Crippen molar-refractivity contribution < 1.29 is 14.3 Å². The monoisotopic (exact) mass is 395 g/mol. The van der Waals surface area contributed by atoms with Crippen LogP contribution in [-0.4, -0.2) is 28.8 Å². The van der Waals surface area contributed by atoms with E-state index in [0.717, 1.165) is 29.7 Å². The number of carbonyl (C=O) groups is 2. The van der Waals surface area contributed by atoms with Crippen LogP contribution in [0.15, 0.2) is 42.6 Å². The number of carbonyl (C=O) groups excluding carboxylic acids is 2. The molecule has 3 aromatic rings. The van der Waals surface area contributed by atoms with Gasteiger partial charge < -0.3 is 10.1 Å². The molecule has 6 nitrogen and oxygen atoms in total. The van der Waals surface area contributed by atoms with Crippen LogP contribution in [0.3, 0.4) is 0 Å². The van der Waals surface area contributed by atoms with E-state index in [2.05, 4.69) is 34.7 Å². The van der Waals surface area contributed by atoms with Gasteiger partial charge in [0.15, 0.2) is 0 Å². The van der Waals surface area contributed by atoms with E-state index >= 15 is 0 Å². The zero-order chi connectivity index (χ0) is 19.7. The molecule has 1 N–H and O–H groups in total. The molecule has 2 heterocycles. The summed E-state index contributed by atoms with van der Waals surface area (Å²) in [7, 11) is 3.08. The van der Waals surface area contributed by atoms with Crippen LogP contribution >= 0.6 is 11.3 Å². The number of nitrogens with one attached hydrogen (secondary N) is 1. The van der Waals surface area contributed by atoms with Crippen LogP contribution in [0.2, 0.25) is 0 Å². The van der Waals surface area contributed by atoms with Crippen molar-refractivity contribution in [3.8, 4) is 0 Å². The predicted molar refractivity (Wildman–Crippen MR) is 108 cm³/mol. The molecule has 0 radical (unpaired) electrons. The Morgan fingerprint density at radius 1 is 1.25 bits per heavy atom. The van der Waals surface area contributed by atoms with Crippen LogP contribution in [0.1, 0.15) is 49.2 Å². The van der Waals surface area contributed by atoms with Crippen molar-refractivity contribution in [3.63, 3.8) is 0 Å². The molecule has 2 aromatic heterocycles. The number of rotatable bonds is 4. The molecule has 0 saturated carbocycles. The van der Waals surface area contributed by atoms with Gasteiger partial charge in [0.05, 0.1) is 12.7 Å². The number of benzene rings is 1. The number of thiophene rings is 1. The summed E-state index contributed by atoms with van der Waals surface area (Å²) >= 11 is 1.47. The normalized spacial score (nSPS) is 15.7. The molecule has 0 unspecified atom stereocenters. The van der Waals surface area contributed by atoms with E-state index in [1.54, 1.807) is 19.3 Å². The fraction of sp³-hybridized carbons (Fsp3) is 0.286. The molecule has 1 atom stereocenters. The minimum Gasteiger partial charge on any atom is -0.465 e. The lowest BCUT2D eigenvalue weighted by molar-refractivity contribution is 0.0601. The van der Waals surface area contributed by atoms with E-state index < -0.39 is 5.97 Å². The smallest absolute Gasteiger partial charge is 0.341 e. The first-order valence-electron chi connectivity index (χ1n) is 9.15. The first kappa shape index (κ1) is 18.4. The molecule has 144 valence electrons. The Balaban J connectivity index is 1.66. The Bertz CT molecular complexity index is 1020. The van der Waals surface area contributed by atoms with E-state index in [1.807, 2.05) is 6.07 Å². The molecule has 0 aliphatic heterocycles. The number of fused-ring (bicyclic) bond motifs is 1. The summed E-state index contributed by atoms with van der Waals surface area (Å²) in [5.74, 6) is -0.280. The highest BCUT2D eigenvalue weighted by atomic mass is 32.1. The Kier molecular flexibility index (Phi) is 5.00. The SMILES string of the molecule is COC(=O)c1c(NC(=O)c2ccnn2C)sc2c1CC[C@@H](c1ccccc1)C2. The van der Waals surface area contributed by atoms with Crippen molar-refractivity contribution in [3.05, 3.63) is 69.9 Å². The van der Waals surface area contributed by atoms with Crippen molar-refractivity contribution in [2.24, 2.45) is 7.05 Å². The fourth-order valence-electron chi connectivity index (χ4n) is 3.77. The molecule has 28 heavy (non-hydrogen) atoms. The molecular weight excluding hydrogens is 374 g/mol. The van der Waals surface area contributed by atoms with Gasteiger partial charge in [-0.3, -0.25) is 9.48 Å². The Labute approximate surface area is 167 Å². The highest BCUT2D eigenvalue weighted by Crippen LogP contribution is 2.42. The van der Waals surface area contributed by atoms with E-state index in [-0.39, 0.29) is 5.91 Å². The third-order valence-electron chi connectivity index (χ3n) is 5.21. The van der Waals surface area contributed by atoms with Gasteiger partial charge in [-0.25, -0.2) is 4.79 Å². The molecule has 0 bridgehead atoms. The number of esters is 1. The summed E-state index contributed by atoms with van der Waals surface area (Å²) < 4.78 is 6.51. The van der Waals surface area contributed by atoms with Crippen LogP contribution < -0.4 is 5.32 Å². The number of anilines is 1. The Morgan fingerprint density at radius 3 is 2.71 bits per heavy atom. The van der Waals surface area contributed by atoms with Crippen LogP contribution in [0, 0.1) is 0 Å². The van der Waals surface area contributed by atoms with Gasteiger partial charge in [0, 0.05) is 18.1 Å². The van der Waals surface area contributed by atoms with Crippen molar-refractivity contribution in [2.45, 2.75) is 25.2 Å². The van der Waals surface area contributed by atoms with Crippen molar-refractivity contribution in [2.75, 3.05) is 12.4 Å². The van der Waals surface area contributed by atoms with E-state index in [0.29, 0.717) is 22.2 Å². The molecule has 7 heteroatoms. The van der Waals surface area contributed by atoms with E-state index in [4.69, 9.17) is 4.74 Å². The molecular formula is C21H21N3O3S. The van der Waals surface area contributed by atoms with Gasteiger partial charge in [0.2, 0.25) is 0 Å². The number of aromatic nitrogens is 2. The highest BCUT2D eigenvalue weighted by molar-refractivity contribution is 7.17. The largest absolute Gasteiger partial charge is 0.465 e. The van der Waals surface area contributed by atoms with Crippen LogP contribution in [0.4, 0.5) is 5.00 Å². The third-order valence-corrected chi connectivity index (χ3v) is 6.38. The van der Waals surface area contributed by atoms with Gasteiger partial charge in [-0.05, 0) is 42.4 Å². The molecule has 1 aromatic carbocycles. The molecule has 1 aliphatic carbocycles. The van der Waals surface area contributed by atoms with Crippen molar-refractivity contribution >= 4 is 28.2 Å². The number of nitrogens with zero attached hydrogens (tertiary/aromatic N) is 2. The Hall–Kier alpha value is -2.93. The molecule has 1 amide bonds. The van der Waals surface area contributed by atoms with Gasteiger partial charge in [-0.2, -0.15) is 5.10 Å². The lowest BCUT2D eigenvalue weighted by Gasteiger charge is -2.22. The maximum atomic E-state index is 12.6. The second-order valence-corrected chi connectivity index (χ2v) is 7.95. The summed E-state index contributed by atoms with van der Waals surface area (Å²) in [5.41, 5.74) is 3.24. The fourth-order valence-corrected chi connectivity index (χ4v) is 5.08. The molecule has 4 rings (SSSR count). The number of hydrogen-bond acceptors (Lipinski definition) is 5. The average Bonchev–Trinajstić information content (AvgIpc) is 3.30. The van der Waals surface area contributed by atoms with Crippen molar-refractivity contribution in [1.82, 2.24) is 9.78 Å². The number of hydrogen-bond donors (Lipinski definition) is 1. The Morgan fingerprint density at radius 2 is 2.04 bits per heavy atom. The summed E-state index contributed by atoms with van der Waals surface area (Å²) in [5, 5.41) is 7.48. The number of amides is 1. The third kappa shape index (κ3) is 3.33. The summed E-state index contributed by atoms with van der Waals surface area (Å²) in [6.07, 6.45) is 4.18.